The molecule has 0 atom stereocenters. The van der Waals surface area contributed by atoms with Crippen LogP contribution in [0.2, 0.25) is 0 Å². The normalized spacial score (nSPS) is 11.8. The first-order chi connectivity index (χ1) is 8.93. The van der Waals surface area contributed by atoms with E-state index < -0.39 is 0 Å². The number of H-pyrrole nitrogens is 1. The first-order valence-electron chi connectivity index (χ1n) is 6.87. The lowest BCUT2D eigenvalue weighted by Crippen LogP contribution is -2.10. The lowest BCUT2D eigenvalue weighted by atomic mass is 9.86. The van der Waals surface area contributed by atoms with Crippen LogP contribution in [0.3, 0.4) is 0 Å². The minimum atomic E-state index is 0.170. The van der Waals surface area contributed by atoms with Crippen molar-refractivity contribution >= 4 is 5.69 Å². The molecule has 2 aromatic rings. The number of benzene rings is 1. The van der Waals surface area contributed by atoms with Gasteiger partial charge in [0.25, 0.3) is 0 Å². The molecule has 0 unspecified atom stereocenters. The van der Waals surface area contributed by atoms with Crippen molar-refractivity contribution in [3.63, 3.8) is 0 Å². The van der Waals surface area contributed by atoms with Crippen LogP contribution in [0, 0.1) is 0 Å². The van der Waals surface area contributed by atoms with Gasteiger partial charge in [0.05, 0.1) is 11.4 Å². The van der Waals surface area contributed by atoms with Gasteiger partial charge in [-0.1, -0.05) is 58.4 Å². The molecule has 0 aliphatic rings. The van der Waals surface area contributed by atoms with E-state index in [-0.39, 0.29) is 5.41 Å². The van der Waals surface area contributed by atoms with Gasteiger partial charge in [0.1, 0.15) is 5.69 Å². The second kappa shape index (κ2) is 5.08. The number of nitrogens with two attached hydrogens (primary N) is 1. The molecule has 0 aliphatic carbocycles. The molecule has 0 saturated carbocycles. The van der Waals surface area contributed by atoms with Crippen LogP contribution in [0.4, 0.5) is 5.69 Å². The average molecular weight is 257 g/mol. The number of anilines is 1. The number of nitrogens with zero attached hydrogens (tertiary/aromatic N) is 1. The topological polar surface area (TPSA) is 54.7 Å². The molecule has 3 nitrogen and oxygen atoms in total. The summed E-state index contributed by atoms with van der Waals surface area (Å²) >= 11 is 0. The summed E-state index contributed by atoms with van der Waals surface area (Å²) < 4.78 is 0. The maximum atomic E-state index is 6.15. The largest absolute Gasteiger partial charge is 0.395 e. The fourth-order valence-electron chi connectivity index (χ4n) is 2.18. The summed E-state index contributed by atoms with van der Waals surface area (Å²) in [5, 5.41) is 7.39. The van der Waals surface area contributed by atoms with Crippen LogP contribution in [0.15, 0.2) is 24.3 Å². The summed E-state index contributed by atoms with van der Waals surface area (Å²) in [5.41, 5.74) is 11.4. The Kier molecular flexibility index (Phi) is 3.65. The van der Waals surface area contributed by atoms with E-state index in [0.29, 0.717) is 0 Å². The highest BCUT2D eigenvalue weighted by Crippen LogP contribution is 2.29. The van der Waals surface area contributed by atoms with Gasteiger partial charge in [0.2, 0.25) is 0 Å². The van der Waals surface area contributed by atoms with Gasteiger partial charge < -0.3 is 5.73 Å². The van der Waals surface area contributed by atoms with Gasteiger partial charge in [-0.15, -0.1) is 0 Å². The zero-order valence-electron chi connectivity index (χ0n) is 12.2. The molecule has 0 radical (unpaired) electrons. The fourth-order valence-corrected chi connectivity index (χ4v) is 2.18. The number of rotatable bonds is 3. The van der Waals surface area contributed by atoms with Gasteiger partial charge in [-0.2, -0.15) is 5.10 Å². The Balaban J connectivity index is 2.32. The van der Waals surface area contributed by atoms with E-state index in [1.807, 2.05) is 0 Å². The average Bonchev–Trinajstić information content (AvgIpc) is 2.71. The first kappa shape index (κ1) is 13.7. The number of nitrogen functional groups attached to an aromatic ring is 1. The van der Waals surface area contributed by atoms with Crippen molar-refractivity contribution in [1.82, 2.24) is 10.2 Å². The fraction of sp³-hybridized carbons (Fsp3) is 0.438. The van der Waals surface area contributed by atoms with Gasteiger partial charge in [0.15, 0.2) is 0 Å². The second-order valence-electron chi connectivity index (χ2n) is 6.04. The molecule has 1 aromatic carbocycles. The van der Waals surface area contributed by atoms with Gasteiger partial charge in [0, 0.05) is 5.56 Å². The quantitative estimate of drug-likeness (QED) is 0.876. The molecule has 3 N–H and O–H groups in total. The van der Waals surface area contributed by atoms with E-state index in [4.69, 9.17) is 5.73 Å². The molecule has 3 heteroatoms. The minimum absolute atomic E-state index is 0.170. The maximum Gasteiger partial charge on any atom is 0.115 e. The Hall–Kier alpha value is -1.77. The van der Waals surface area contributed by atoms with E-state index in [1.54, 1.807) is 0 Å². The smallest absolute Gasteiger partial charge is 0.115 e. The molecule has 0 aliphatic heterocycles. The molecule has 2 rings (SSSR count). The predicted octanol–water partition coefficient (Wildman–Crippen LogP) is 3.91. The third-order valence-electron chi connectivity index (χ3n) is 3.41. The third kappa shape index (κ3) is 2.80. The highest BCUT2D eigenvalue weighted by Gasteiger charge is 2.15. The Morgan fingerprint density at radius 2 is 1.79 bits per heavy atom. The van der Waals surface area contributed by atoms with E-state index in [2.05, 4.69) is 62.2 Å². The summed E-state index contributed by atoms with van der Waals surface area (Å²) in [6, 6.07) is 8.51. The number of aromatic amines is 1. The maximum absolute atomic E-state index is 6.15. The monoisotopic (exact) mass is 257 g/mol. The Labute approximate surface area is 115 Å². The van der Waals surface area contributed by atoms with Crippen molar-refractivity contribution in [2.24, 2.45) is 0 Å². The van der Waals surface area contributed by atoms with Crippen LogP contribution in [-0.2, 0) is 11.8 Å². The molecule has 1 heterocycles. The number of hydrogen-bond acceptors (Lipinski definition) is 2. The van der Waals surface area contributed by atoms with Crippen molar-refractivity contribution in [3.8, 4) is 11.3 Å². The first-order valence-corrected chi connectivity index (χ1v) is 6.87. The number of aromatic nitrogens is 2. The summed E-state index contributed by atoms with van der Waals surface area (Å²) in [5.74, 6) is 0. The summed E-state index contributed by atoms with van der Waals surface area (Å²) in [7, 11) is 0. The van der Waals surface area contributed by atoms with Gasteiger partial charge in [-0.05, 0) is 17.4 Å². The molecule has 0 spiro atoms. The van der Waals surface area contributed by atoms with Gasteiger partial charge in [-0.25, -0.2) is 0 Å². The lowest BCUT2D eigenvalue weighted by molar-refractivity contribution is 0.590. The van der Waals surface area contributed by atoms with Crippen molar-refractivity contribution in [2.45, 2.75) is 46.0 Å². The Morgan fingerprint density at radius 1 is 1.16 bits per heavy atom. The molecular weight excluding hydrogens is 234 g/mol. The molecule has 0 amide bonds. The minimum Gasteiger partial charge on any atom is -0.395 e. The van der Waals surface area contributed by atoms with Gasteiger partial charge >= 0.3 is 0 Å². The van der Waals surface area contributed by atoms with Crippen LogP contribution in [-0.4, -0.2) is 10.2 Å². The van der Waals surface area contributed by atoms with E-state index in [1.165, 1.54) is 5.56 Å². The van der Waals surface area contributed by atoms with E-state index in [0.717, 1.165) is 35.5 Å². The van der Waals surface area contributed by atoms with Crippen LogP contribution in [0.25, 0.3) is 11.3 Å². The summed E-state index contributed by atoms with van der Waals surface area (Å²) in [6.07, 6.45) is 2.01. The summed E-state index contributed by atoms with van der Waals surface area (Å²) in [6.45, 7) is 8.77. The number of nitrogens with one attached hydrogen (secondary N) is 1. The van der Waals surface area contributed by atoms with Gasteiger partial charge in [-0.3, -0.25) is 5.10 Å². The molecular formula is C16H23N3. The third-order valence-corrected chi connectivity index (χ3v) is 3.41. The SMILES string of the molecule is CCCc1[nH]nc(-c2ccc(C(C)(C)C)cc2)c1N. The predicted molar refractivity (Wildman–Crippen MR) is 81.1 cm³/mol. The Bertz CT molecular complexity index is 544. The van der Waals surface area contributed by atoms with E-state index in [9.17, 15) is 0 Å². The zero-order chi connectivity index (χ0) is 14.0. The van der Waals surface area contributed by atoms with Crippen molar-refractivity contribution in [2.75, 3.05) is 5.73 Å². The standard InChI is InChI=1S/C16H23N3/c1-5-6-13-14(17)15(19-18-13)11-7-9-12(10-8-11)16(2,3)4/h7-10H,5-6,17H2,1-4H3,(H,18,19). The van der Waals surface area contributed by atoms with Crippen LogP contribution < -0.4 is 5.73 Å². The summed E-state index contributed by atoms with van der Waals surface area (Å²) in [4.78, 5) is 0. The second-order valence-corrected chi connectivity index (χ2v) is 6.04. The molecule has 102 valence electrons. The number of hydrogen-bond donors (Lipinski definition) is 2. The molecule has 0 saturated heterocycles. The van der Waals surface area contributed by atoms with Crippen LogP contribution in [0.5, 0.6) is 0 Å². The molecule has 0 fully saturated rings. The highest BCUT2D eigenvalue weighted by molar-refractivity contribution is 5.74. The van der Waals surface area contributed by atoms with Crippen molar-refractivity contribution in [1.29, 1.82) is 0 Å². The zero-order valence-corrected chi connectivity index (χ0v) is 12.2. The van der Waals surface area contributed by atoms with Crippen molar-refractivity contribution in [3.05, 3.63) is 35.5 Å². The molecule has 19 heavy (non-hydrogen) atoms. The molecule has 0 bridgehead atoms. The Morgan fingerprint density at radius 3 is 2.32 bits per heavy atom. The van der Waals surface area contributed by atoms with Crippen LogP contribution >= 0.6 is 0 Å². The van der Waals surface area contributed by atoms with Crippen LogP contribution in [0.1, 0.15) is 45.4 Å². The molecule has 1 aromatic heterocycles. The highest BCUT2D eigenvalue weighted by atomic mass is 15.1. The van der Waals surface area contributed by atoms with E-state index >= 15 is 0 Å². The number of aryl methyl sites for hydroxylation is 1. The lowest BCUT2D eigenvalue weighted by Gasteiger charge is -2.18. The van der Waals surface area contributed by atoms with Crippen molar-refractivity contribution < 1.29 is 0 Å².